The lowest BCUT2D eigenvalue weighted by atomic mass is 10.2. The van der Waals surface area contributed by atoms with Gasteiger partial charge in [0, 0.05) is 7.05 Å². The van der Waals surface area contributed by atoms with Crippen LogP contribution in [0.15, 0.2) is 21.4 Å². The van der Waals surface area contributed by atoms with E-state index in [-0.39, 0.29) is 16.7 Å². The Bertz CT molecular complexity index is 1010. The zero-order valence-corrected chi connectivity index (χ0v) is 13.5. The summed E-state index contributed by atoms with van der Waals surface area (Å²) in [6.45, 7) is 0. The molecule has 0 unspecified atom stereocenters. The van der Waals surface area contributed by atoms with Gasteiger partial charge in [-0.3, -0.25) is 4.79 Å². The van der Waals surface area contributed by atoms with Crippen molar-refractivity contribution >= 4 is 37.1 Å². The molecule has 0 saturated carbocycles. The van der Waals surface area contributed by atoms with Gasteiger partial charge < -0.3 is 8.75 Å². The summed E-state index contributed by atoms with van der Waals surface area (Å²) in [7, 11) is -4.72. The van der Waals surface area contributed by atoms with E-state index < -0.39 is 31.4 Å². The largest absolute Gasteiger partial charge is 0.534 e. The molecule has 12 heteroatoms. The molecule has 23 heavy (non-hydrogen) atoms. The van der Waals surface area contributed by atoms with Crippen molar-refractivity contribution in [3.8, 4) is 11.8 Å². The van der Waals surface area contributed by atoms with Crippen LogP contribution in [0.5, 0.6) is 5.75 Å². The van der Waals surface area contributed by atoms with Crippen molar-refractivity contribution in [2.24, 2.45) is 7.05 Å². The number of aryl methyl sites for hydroxylation is 1. The van der Waals surface area contributed by atoms with Gasteiger partial charge in [0.15, 0.2) is 5.75 Å². The molecule has 0 saturated heterocycles. The van der Waals surface area contributed by atoms with Crippen LogP contribution in [0, 0.1) is 11.3 Å². The highest BCUT2D eigenvalue weighted by Crippen LogP contribution is 2.34. The summed E-state index contributed by atoms with van der Waals surface area (Å²) >= 11 is 2.71. The van der Waals surface area contributed by atoms with Crippen molar-refractivity contribution in [3.63, 3.8) is 0 Å². The Balaban J connectivity index is 2.88. The Morgan fingerprint density at radius 3 is 2.52 bits per heavy atom. The third-order valence-corrected chi connectivity index (χ3v) is 4.39. The molecule has 7 nitrogen and oxygen atoms in total. The molecule has 0 aliphatic rings. The van der Waals surface area contributed by atoms with Gasteiger partial charge in [0.2, 0.25) is 0 Å². The SMILES string of the molecule is Cn1c(=O)c(Br)c(OS(=O)(=O)C(F)(F)F)c2nc(C#N)ccc21. The molecule has 0 aliphatic carbocycles. The Morgan fingerprint density at radius 2 is 2.00 bits per heavy atom. The van der Waals surface area contributed by atoms with Crippen LogP contribution in [0.1, 0.15) is 5.69 Å². The van der Waals surface area contributed by atoms with Crippen molar-refractivity contribution in [1.82, 2.24) is 9.55 Å². The molecule has 122 valence electrons. The summed E-state index contributed by atoms with van der Waals surface area (Å²) in [6, 6.07) is 4.11. The number of alkyl halides is 3. The molecule has 0 radical (unpaired) electrons. The minimum Gasteiger partial charge on any atom is -0.372 e. The molecule has 2 aromatic rings. The number of nitrogens with zero attached hydrogens (tertiary/aromatic N) is 3. The molecular weight excluding hydrogens is 407 g/mol. The standard InChI is InChI=1S/C11H5BrF3N3O4S/c1-18-6-3-2-5(4-16)17-8(6)9(7(12)10(18)19)22-23(20,21)11(13,14)15/h2-3H,1H3. The number of fused-ring (bicyclic) bond motifs is 1. The van der Waals surface area contributed by atoms with Crippen LogP contribution >= 0.6 is 15.9 Å². The minimum absolute atomic E-state index is 0.00965. The van der Waals surface area contributed by atoms with Crippen molar-refractivity contribution in [3.05, 3.63) is 32.7 Å². The Morgan fingerprint density at radius 1 is 1.39 bits per heavy atom. The monoisotopic (exact) mass is 411 g/mol. The Hall–Kier alpha value is -2.13. The first-order valence-corrected chi connectivity index (χ1v) is 7.80. The molecule has 0 spiro atoms. The zero-order chi connectivity index (χ0) is 17.6. The average Bonchev–Trinajstić information content (AvgIpc) is 2.47. The first kappa shape index (κ1) is 17.2. The first-order chi connectivity index (χ1) is 10.5. The maximum atomic E-state index is 12.5. The smallest absolute Gasteiger partial charge is 0.372 e. The predicted molar refractivity (Wildman–Crippen MR) is 75.0 cm³/mol. The van der Waals surface area contributed by atoms with E-state index >= 15 is 0 Å². The second-order valence-electron chi connectivity index (χ2n) is 4.17. The quantitative estimate of drug-likeness (QED) is 0.551. The summed E-state index contributed by atoms with van der Waals surface area (Å²) in [5.74, 6) is -0.933. The second-order valence-corrected chi connectivity index (χ2v) is 6.50. The van der Waals surface area contributed by atoms with Crippen LogP contribution in [0.25, 0.3) is 11.0 Å². The van der Waals surface area contributed by atoms with Crippen LogP contribution in [0.4, 0.5) is 13.2 Å². The second kappa shape index (κ2) is 5.50. The number of halogens is 4. The van der Waals surface area contributed by atoms with Gasteiger partial charge >= 0.3 is 15.6 Å². The Labute approximate surface area is 135 Å². The summed E-state index contributed by atoms with van der Waals surface area (Å²) < 4.78 is 64.4. The van der Waals surface area contributed by atoms with Crippen molar-refractivity contribution in [2.75, 3.05) is 0 Å². The number of hydrogen-bond acceptors (Lipinski definition) is 6. The van der Waals surface area contributed by atoms with Gasteiger partial charge in [0.05, 0.1) is 5.52 Å². The molecule has 2 rings (SSSR count). The van der Waals surface area contributed by atoms with Gasteiger partial charge in [-0.15, -0.1) is 0 Å². The van der Waals surface area contributed by atoms with Crippen molar-refractivity contribution in [1.29, 1.82) is 5.26 Å². The number of hydrogen-bond donors (Lipinski definition) is 0. The minimum atomic E-state index is -6.01. The Kier molecular flexibility index (Phi) is 4.12. The van der Waals surface area contributed by atoms with E-state index in [1.165, 1.54) is 19.2 Å². The van der Waals surface area contributed by atoms with Gasteiger partial charge in [-0.2, -0.15) is 26.9 Å². The summed E-state index contributed by atoms with van der Waals surface area (Å²) in [6.07, 6.45) is 0. The van der Waals surface area contributed by atoms with Crippen molar-refractivity contribution < 1.29 is 25.8 Å². The zero-order valence-electron chi connectivity index (χ0n) is 11.0. The molecular formula is C11H5BrF3N3O4S. The number of rotatable bonds is 2. The molecule has 0 bridgehead atoms. The van der Waals surface area contributed by atoms with Crippen LogP contribution in [0.2, 0.25) is 0 Å². The fourth-order valence-electron chi connectivity index (χ4n) is 1.64. The maximum Gasteiger partial charge on any atom is 0.534 e. The predicted octanol–water partition coefficient (Wildman–Crippen LogP) is 1.80. The fraction of sp³-hybridized carbons (Fsp3) is 0.182. The van der Waals surface area contributed by atoms with Gasteiger partial charge in [-0.1, -0.05) is 0 Å². The van der Waals surface area contributed by atoms with E-state index in [2.05, 4.69) is 25.1 Å². The molecule has 0 aliphatic heterocycles. The summed E-state index contributed by atoms with van der Waals surface area (Å²) in [4.78, 5) is 15.7. The van der Waals surface area contributed by atoms with Gasteiger partial charge in [-0.25, -0.2) is 4.98 Å². The highest BCUT2D eigenvalue weighted by atomic mass is 79.9. The van der Waals surface area contributed by atoms with E-state index in [1.54, 1.807) is 6.07 Å². The van der Waals surface area contributed by atoms with Crippen molar-refractivity contribution in [2.45, 2.75) is 5.51 Å². The number of aromatic nitrogens is 2. The van der Waals surface area contributed by atoms with Gasteiger partial charge in [0.25, 0.3) is 5.56 Å². The van der Waals surface area contributed by atoms with E-state index in [9.17, 15) is 26.4 Å². The van der Waals surface area contributed by atoms with Crippen LogP contribution in [-0.4, -0.2) is 23.5 Å². The normalized spacial score (nSPS) is 12.2. The molecule has 0 atom stereocenters. The summed E-state index contributed by atoms with van der Waals surface area (Å²) in [5.41, 5.74) is -7.11. The van der Waals surface area contributed by atoms with Crippen LogP contribution in [-0.2, 0) is 17.2 Å². The highest BCUT2D eigenvalue weighted by Gasteiger charge is 2.49. The lowest BCUT2D eigenvalue weighted by Gasteiger charge is -2.14. The number of nitriles is 1. The maximum absolute atomic E-state index is 12.5. The first-order valence-electron chi connectivity index (χ1n) is 5.59. The van der Waals surface area contributed by atoms with E-state index in [1.807, 2.05) is 0 Å². The molecule has 0 amide bonds. The lowest BCUT2D eigenvalue weighted by molar-refractivity contribution is -0.0499. The molecule has 2 heterocycles. The van der Waals surface area contributed by atoms with Gasteiger partial charge in [0.1, 0.15) is 21.8 Å². The molecule has 0 fully saturated rings. The fourth-order valence-corrected chi connectivity index (χ4v) is 2.76. The topological polar surface area (TPSA) is 102 Å². The summed E-state index contributed by atoms with van der Waals surface area (Å²) in [5, 5.41) is 8.81. The molecule has 2 aromatic heterocycles. The average molecular weight is 412 g/mol. The van der Waals surface area contributed by atoms with Crippen LogP contribution < -0.4 is 9.74 Å². The van der Waals surface area contributed by atoms with E-state index in [4.69, 9.17) is 5.26 Å². The molecule has 0 aromatic carbocycles. The van der Waals surface area contributed by atoms with Gasteiger partial charge in [-0.05, 0) is 28.1 Å². The third-order valence-electron chi connectivity index (χ3n) is 2.73. The van der Waals surface area contributed by atoms with Crippen LogP contribution in [0.3, 0.4) is 0 Å². The number of pyridine rings is 2. The van der Waals surface area contributed by atoms with E-state index in [0.717, 1.165) is 4.57 Å². The van der Waals surface area contributed by atoms with E-state index in [0.29, 0.717) is 0 Å². The third kappa shape index (κ3) is 2.89. The molecule has 0 N–H and O–H groups in total. The lowest BCUT2D eigenvalue weighted by Crippen LogP contribution is -2.29. The highest BCUT2D eigenvalue weighted by molar-refractivity contribution is 9.10.